The predicted octanol–water partition coefficient (Wildman–Crippen LogP) is 0.505. The largest absolute Gasteiger partial charge is 0.481 e. The number of carboxylic acid groups (broad SMARTS) is 1. The molecule has 0 aromatic carbocycles. The molecular weight excluding hydrogens is 248 g/mol. The smallest absolute Gasteiger partial charge is 0.315 e. The van der Waals surface area contributed by atoms with E-state index >= 15 is 0 Å². The van der Waals surface area contributed by atoms with E-state index in [1.807, 2.05) is 0 Å². The zero-order valence-electron chi connectivity index (χ0n) is 10.6. The first-order valence-electron chi connectivity index (χ1n) is 6.39. The number of imidazole rings is 1. The summed E-state index contributed by atoms with van der Waals surface area (Å²) in [5.41, 5.74) is 0.965. The molecular formula is C12H18N4O3. The van der Waals surface area contributed by atoms with Crippen LogP contribution in [0, 0.1) is 5.92 Å². The minimum Gasteiger partial charge on any atom is -0.481 e. The van der Waals surface area contributed by atoms with Gasteiger partial charge in [-0.05, 0) is 19.3 Å². The van der Waals surface area contributed by atoms with Gasteiger partial charge in [-0.3, -0.25) is 4.79 Å². The van der Waals surface area contributed by atoms with Crippen molar-refractivity contribution >= 4 is 12.0 Å². The minimum absolute atomic E-state index is 0.0340. The van der Waals surface area contributed by atoms with Crippen molar-refractivity contribution in [2.45, 2.75) is 31.7 Å². The van der Waals surface area contributed by atoms with Crippen molar-refractivity contribution in [3.63, 3.8) is 0 Å². The summed E-state index contributed by atoms with van der Waals surface area (Å²) in [7, 11) is 0. The number of aromatic nitrogens is 2. The van der Waals surface area contributed by atoms with E-state index in [-0.39, 0.29) is 18.0 Å². The van der Waals surface area contributed by atoms with Gasteiger partial charge in [-0.15, -0.1) is 0 Å². The van der Waals surface area contributed by atoms with Gasteiger partial charge in [-0.1, -0.05) is 0 Å². The summed E-state index contributed by atoms with van der Waals surface area (Å²) in [6, 6.07) is -0.274. The molecule has 2 amide bonds. The molecule has 19 heavy (non-hydrogen) atoms. The van der Waals surface area contributed by atoms with Crippen LogP contribution in [0.4, 0.5) is 4.79 Å². The maximum Gasteiger partial charge on any atom is 0.315 e. The highest BCUT2D eigenvalue weighted by Gasteiger charge is 2.30. The summed E-state index contributed by atoms with van der Waals surface area (Å²) in [6.45, 7) is 0.517. The Balaban J connectivity index is 1.63. The van der Waals surface area contributed by atoms with Crippen LogP contribution in [-0.4, -0.2) is 39.7 Å². The lowest BCUT2D eigenvalue weighted by Gasteiger charge is -2.13. The Morgan fingerprint density at radius 1 is 1.47 bits per heavy atom. The maximum absolute atomic E-state index is 11.6. The normalized spacial score (nSPS) is 22.1. The lowest BCUT2D eigenvalue weighted by atomic mass is 10.1. The van der Waals surface area contributed by atoms with Gasteiger partial charge in [-0.25, -0.2) is 9.78 Å². The van der Waals surface area contributed by atoms with Gasteiger partial charge in [-0.2, -0.15) is 0 Å². The van der Waals surface area contributed by atoms with Gasteiger partial charge in [0.2, 0.25) is 0 Å². The molecule has 0 saturated heterocycles. The first-order valence-corrected chi connectivity index (χ1v) is 6.39. The van der Waals surface area contributed by atoms with E-state index in [1.165, 1.54) is 0 Å². The van der Waals surface area contributed by atoms with Crippen LogP contribution >= 0.6 is 0 Å². The average Bonchev–Trinajstić information content (AvgIpc) is 3.00. The molecule has 0 aliphatic heterocycles. The number of hydrogen-bond acceptors (Lipinski definition) is 3. The molecule has 1 aromatic heterocycles. The van der Waals surface area contributed by atoms with Crippen molar-refractivity contribution in [1.29, 1.82) is 0 Å². The molecule has 7 heteroatoms. The quantitative estimate of drug-likeness (QED) is 0.622. The van der Waals surface area contributed by atoms with Crippen molar-refractivity contribution in [3.8, 4) is 0 Å². The molecule has 0 spiro atoms. The Bertz CT molecular complexity index is 432. The van der Waals surface area contributed by atoms with Crippen LogP contribution in [0.15, 0.2) is 12.5 Å². The highest BCUT2D eigenvalue weighted by molar-refractivity contribution is 5.75. The van der Waals surface area contributed by atoms with E-state index in [1.54, 1.807) is 12.5 Å². The third-order valence-corrected chi connectivity index (χ3v) is 3.35. The van der Waals surface area contributed by atoms with E-state index in [9.17, 15) is 9.59 Å². The Hall–Kier alpha value is -2.05. The monoisotopic (exact) mass is 266 g/mol. The molecule has 0 bridgehead atoms. The van der Waals surface area contributed by atoms with Crippen molar-refractivity contribution < 1.29 is 14.7 Å². The molecule has 1 heterocycles. The second-order valence-electron chi connectivity index (χ2n) is 4.77. The highest BCUT2D eigenvalue weighted by atomic mass is 16.4. The van der Waals surface area contributed by atoms with E-state index in [0.717, 1.165) is 12.1 Å². The van der Waals surface area contributed by atoms with Crippen LogP contribution < -0.4 is 10.6 Å². The van der Waals surface area contributed by atoms with Crippen molar-refractivity contribution in [2.75, 3.05) is 6.54 Å². The van der Waals surface area contributed by atoms with E-state index < -0.39 is 5.97 Å². The number of aromatic amines is 1. The molecule has 1 aliphatic rings. The molecule has 104 valence electrons. The Labute approximate surface area is 110 Å². The highest BCUT2D eigenvalue weighted by Crippen LogP contribution is 2.25. The summed E-state index contributed by atoms with van der Waals surface area (Å²) >= 11 is 0. The van der Waals surface area contributed by atoms with Gasteiger partial charge in [0, 0.05) is 30.9 Å². The number of H-pyrrole nitrogens is 1. The standard InChI is InChI=1S/C12H18N4O3/c17-11(18)8-1-2-9(5-8)16-12(19)14-4-3-10-6-13-7-15-10/h6-9H,1-5H2,(H,13,15)(H,17,18)(H2,14,16,19)/t8-,9+/m1/s1. The second kappa shape index (κ2) is 6.21. The molecule has 0 radical (unpaired) electrons. The number of amides is 2. The molecule has 4 N–H and O–H groups in total. The summed E-state index contributed by atoms with van der Waals surface area (Å²) in [6.07, 6.45) is 5.88. The third kappa shape index (κ3) is 3.97. The topological polar surface area (TPSA) is 107 Å². The number of carbonyl (C=O) groups excluding carboxylic acids is 1. The number of carbonyl (C=O) groups is 2. The molecule has 1 aromatic rings. The third-order valence-electron chi connectivity index (χ3n) is 3.35. The minimum atomic E-state index is -0.774. The molecule has 0 unspecified atom stereocenters. The molecule has 7 nitrogen and oxygen atoms in total. The Kier molecular flexibility index (Phi) is 4.38. The number of nitrogens with one attached hydrogen (secondary N) is 3. The summed E-state index contributed by atoms with van der Waals surface area (Å²) < 4.78 is 0. The fourth-order valence-electron chi connectivity index (χ4n) is 2.31. The van der Waals surface area contributed by atoms with Gasteiger partial charge >= 0.3 is 12.0 Å². The van der Waals surface area contributed by atoms with Gasteiger partial charge in [0.05, 0.1) is 12.2 Å². The summed E-state index contributed by atoms with van der Waals surface area (Å²) in [4.78, 5) is 29.2. The first-order chi connectivity index (χ1) is 9.15. The number of carboxylic acids is 1. The molecule has 2 rings (SSSR count). The van der Waals surface area contributed by atoms with Crippen LogP contribution in [0.1, 0.15) is 25.0 Å². The lowest BCUT2D eigenvalue weighted by molar-refractivity contribution is -0.141. The number of aliphatic carboxylic acids is 1. The predicted molar refractivity (Wildman–Crippen MR) is 67.6 cm³/mol. The van der Waals surface area contributed by atoms with Gasteiger partial charge in [0.15, 0.2) is 0 Å². The van der Waals surface area contributed by atoms with Gasteiger partial charge < -0.3 is 20.7 Å². The molecule has 1 fully saturated rings. The van der Waals surface area contributed by atoms with Crippen molar-refractivity contribution in [2.24, 2.45) is 5.92 Å². The lowest BCUT2D eigenvalue weighted by Crippen LogP contribution is -2.41. The SMILES string of the molecule is O=C(NCCc1cnc[nH]1)N[C@H]1CC[C@@H](C(=O)O)C1. The zero-order valence-corrected chi connectivity index (χ0v) is 10.6. The van der Waals surface area contributed by atoms with Crippen molar-refractivity contribution in [1.82, 2.24) is 20.6 Å². The fraction of sp³-hybridized carbons (Fsp3) is 0.583. The molecule has 1 saturated carbocycles. The second-order valence-corrected chi connectivity index (χ2v) is 4.77. The summed E-state index contributed by atoms with van der Waals surface area (Å²) in [5, 5.41) is 14.4. The number of rotatable bonds is 5. The van der Waals surface area contributed by atoms with E-state index in [4.69, 9.17) is 5.11 Å². The number of urea groups is 1. The fourth-order valence-corrected chi connectivity index (χ4v) is 2.31. The average molecular weight is 266 g/mol. The first kappa shape index (κ1) is 13.4. The Morgan fingerprint density at radius 2 is 2.32 bits per heavy atom. The van der Waals surface area contributed by atoms with Gasteiger partial charge in [0.1, 0.15) is 0 Å². The van der Waals surface area contributed by atoms with Crippen LogP contribution in [0.3, 0.4) is 0 Å². The van der Waals surface area contributed by atoms with Crippen LogP contribution in [0.2, 0.25) is 0 Å². The zero-order chi connectivity index (χ0) is 13.7. The molecule has 1 aliphatic carbocycles. The number of hydrogen-bond donors (Lipinski definition) is 4. The van der Waals surface area contributed by atoms with Crippen LogP contribution in [-0.2, 0) is 11.2 Å². The van der Waals surface area contributed by atoms with Crippen LogP contribution in [0.5, 0.6) is 0 Å². The number of nitrogens with zero attached hydrogens (tertiary/aromatic N) is 1. The van der Waals surface area contributed by atoms with Crippen molar-refractivity contribution in [3.05, 3.63) is 18.2 Å². The van der Waals surface area contributed by atoms with Crippen LogP contribution in [0.25, 0.3) is 0 Å². The Morgan fingerprint density at radius 3 is 2.95 bits per heavy atom. The van der Waals surface area contributed by atoms with Gasteiger partial charge in [0.25, 0.3) is 0 Å². The van der Waals surface area contributed by atoms with E-state index in [0.29, 0.717) is 25.8 Å². The van der Waals surface area contributed by atoms with E-state index in [2.05, 4.69) is 20.6 Å². The summed E-state index contributed by atoms with van der Waals surface area (Å²) in [5.74, 6) is -1.10. The molecule has 2 atom stereocenters. The maximum atomic E-state index is 11.6.